The van der Waals surface area contributed by atoms with Crippen molar-refractivity contribution in [3.63, 3.8) is 0 Å². The third-order valence-corrected chi connectivity index (χ3v) is 5.67. The Morgan fingerprint density at radius 2 is 1.24 bits per heavy atom. The molecule has 1 aromatic carbocycles. The van der Waals surface area contributed by atoms with Crippen molar-refractivity contribution >= 4 is 11.9 Å². The van der Waals surface area contributed by atoms with E-state index in [1.807, 2.05) is 0 Å². The van der Waals surface area contributed by atoms with E-state index >= 15 is 0 Å². The summed E-state index contributed by atoms with van der Waals surface area (Å²) in [5.74, 6) is -1.42. The Morgan fingerprint density at radius 1 is 0.735 bits per heavy atom. The molecule has 0 spiro atoms. The van der Waals surface area contributed by atoms with E-state index in [9.17, 15) is 22.8 Å². The van der Waals surface area contributed by atoms with Gasteiger partial charge >= 0.3 is 18.1 Å². The van der Waals surface area contributed by atoms with Crippen LogP contribution in [0.3, 0.4) is 0 Å². The molecular formula is C27H41F3O4. The summed E-state index contributed by atoms with van der Waals surface area (Å²) >= 11 is 0. The fourth-order valence-electron chi connectivity index (χ4n) is 3.72. The van der Waals surface area contributed by atoms with Gasteiger partial charge in [-0.15, -0.1) is 0 Å². The van der Waals surface area contributed by atoms with Gasteiger partial charge in [-0.05, 0) is 12.8 Å². The van der Waals surface area contributed by atoms with Crippen LogP contribution >= 0.6 is 0 Å². The van der Waals surface area contributed by atoms with Crippen LogP contribution in [0.1, 0.15) is 115 Å². The molecule has 1 rings (SSSR count). The Bertz CT molecular complexity index is 662. The van der Waals surface area contributed by atoms with Crippen LogP contribution in [0.25, 0.3) is 0 Å². The molecule has 0 aliphatic heterocycles. The summed E-state index contributed by atoms with van der Waals surface area (Å²) in [6.45, 7) is 2.57. The second-order valence-electron chi connectivity index (χ2n) is 8.79. The molecule has 0 aliphatic rings. The molecule has 0 aliphatic carbocycles. The monoisotopic (exact) mass is 486 g/mol. The largest absolute Gasteiger partial charge is 0.466 e. The number of alkyl halides is 3. The van der Waals surface area contributed by atoms with Crippen molar-refractivity contribution in [2.45, 2.75) is 116 Å². The predicted octanol–water partition coefficient (Wildman–Crippen LogP) is 8.25. The summed E-state index contributed by atoms with van der Waals surface area (Å²) in [7, 11) is 0. The number of carbonyl (C=O) groups excluding carboxylic acids is 2. The summed E-state index contributed by atoms with van der Waals surface area (Å²) in [6.07, 6.45) is 7.45. The van der Waals surface area contributed by atoms with Crippen LogP contribution in [0.5, 0.6) is 0 Å². The van der Waals surface area contributed by atoms with Gasteiger partial charge in [0.25, 0.3) is 0 Å². The van der Waals surface area contributed by atoms with Gasteiger partial charge < -0.3 is 9.47 Å². The lowest BCUT2D eigenvalue weighted by Crippen LogP contribution is -2.26. The fraction of sp³-hybridized carbons (Fsp3) is 0.704. The van der Waals surface area contributed by atoms with E-state index in [-0.39, 0.29) is 24.8 Å². The van der Waals surface area contributed by atoms with Crippen molar-refractivity contribution in [3.05, 3.63) is 35.9 Å². The van der Waals surface area contributed by atoms with E-state index in [4.69, 9.17) is 4.74 Å². The van der Waals surface area contributed by atoms with Gasteiger partial charge in [0.05, 0.1) is 6.61 Å². The van der Waals surface area contributed by atoms with Crippen LogP contribution in [0, 0.1) is 0 Å². The lowest BCUT2D eigenvalue weighted by molar-refractivity contribution is -0.224. The zero-order chi connectivity index (χ0) is 25.1. The molecule has 0 fully saturated rings. The summed E-state index contributed by atoms with van der Waals surface area (Å²) in [5.41, 5.74) is -0.134. The van der Waals surface area contributed by atoms with Crippen molar-refractivity contribution in [3.8, 4) is 0 Å². The van der Waals surface area contributed by atoms with Crippen molar-refractivity contribution in [2.75, 3.05) is 6.61 Å². The van der Waals surface area contributed by atoms with Gasteiger partial charge in [-0.1, -0.05) is 108 Å². The van der Waals surface area contributed by atoms with Crippen LogP contribution in [0.4, 0.5) is 13.2 Å². The molecule has 0 heterocycles. The molecule has 194 valence electrons. The maximum Gasteiger partial charge on any atom is 0.429 e. The second-order valence-corrected chi connectivity index (χ2v) is 8.79. The number of ether oxygens (including phenoxy) is 2. The quantitative estimate of drug-likeness (QED) is 0.146. The zero-order valence-corrected chi connectivity index (χ0v) is 20.5. The topological polar surface area (TPSA) is 52.6 Å². The van der Waals surface area contributed by atoms with Gasteiger partial charge in [-0.25, -0.2) is 0 Å². The van der Waals surface area contributed by atoms with Gasteiger partial charge in [-0.3, -0.25) is 9.59 Å². The molecule has 0 aromatic heterocycles. The lowest BCUT2D eigenvalue weighted by atomic mass is 10.1. The highest BCUT2D eigenvalue weighted by molar-refractivity contribution is 5.72. The number of halogens is 3. The standard InChI is InChI=1S/C27H41F3O4/c1-2-3-4-5-6-7-8-9-10-11-12-16-22-33-24(31)20-17-21-25(32)34-26(27(28,29)30)23-18-14-13-15-19-23/h13-15,18-19,26H,2-12,16-17,20-22H2,1H3. The van der Waals surface area contributed by atoms with E-state index in [2.05, 4.69) is 11.7 Å². The average Bonchev–Trinajstić information content (AvgIpc) is 2.80. The summed E-state index contributed by atoms with van der Waals surface area (Å²) < 4.78 is 49.5. The van der Waals surface area contributed by atoms with Gasteiger partial charge in [0.2, 0.25) is 6.10 Å². The highest BCUT2D eigenvalue weighted by atomic mass is 19.4. The molecule has 0 amide bonds. The number of hydrogen-bond donors (Lipinski definition) is 0. The van der Waals surface area contributed by atoms with E-state index in [1.165, 1.54) is 82.1 Å². The van der Waals surface area contributed by atoms with Crippen LogP contribution < -0.4 is 0 Å². The Balaban J connectivity index is 2.04. The van der Waals surface area contributed by atoms with Crippen LogP contribution in [-0.2, 0) is 19.1 Å². The minimum Gasteiger partial charge on any atom is -0.466 e. The highest BCUT2D eigenvalue weighted by Crippen LogP contribution is 2.36. The average molecular weight is 487 g/mol. The Hall–Kier alpha value is -2.05. The highest BCUT2D eigenvalue weighted by Gasteiger charge is 2.43. The maximum absolute atomic E-state index is 13.2. The predicted molar refractivity (Wildman–Crippen MR) is 127 cm³/mol. The number of carbonyl (C=O) groups is 2. The summed E-state index contributed by atoms with van der Waals surface area (Å²) in [6, 6.07) is 7.02. The molecule has 34 heavy (non-hydrogen) atoms. The second kappa shape index (κ2) is 18.3. The maximum atomic E-state index is 13.2. The van der Waals surface area contributed by atoms with Gasteiger partial charge in [0.15, 0.2) is 0 Å². The minimum absolute atomic E-state index is 0.0185. The van der Waals surface area contributed by atoms with Crippen LogP contribution in [0.15, 0.2) is 30.3 Å². The molecule has 1 unspecified atom stereocenters. The molecule has 0 saturated heterocycles. The zero-order valence-electron chi connectivity index (χ0n) is 20.5. The first-order valence-corrected chi connectivity index (χ1v) is 12.8. The molecule has 7 heteroatoms. The first-order chi connectivity index (χ1) is 16.3. The Morgan fingerprint density at radius 3 is 1.76 bits per heavy atom. The fourth-order valence-corrected chi connectivity index (χ4v) is 3.72. The van der Waals surface area contributed by atoms with Gasteiger partial charge in [0, 0.05) is 18.4 Å². The molecule has 0 radical (unpaired) electrons. The molecule has 1 atom stereocenters. The molecule has 1 aromatic rings. The first kappa shape index (κ1) is 30.0. The third-order valence-electron chi connectivity index (χ3n) is 5.67. The van der Waals surface area contributed by atoms with Gasteiger partial charge in [0.1, 0.15) is 0 Å². The van der Waals surface area contributed by atoms with Crippen molar-refractivity contribution in [1.82, 2.24) is 0 Å². The smallest absolute Gasteiger partial charge is 0.429 e. The molecule has 0 bridgehead atoms. The number of unbranched alkanes of at least 4 members (excludes halogenated alkanes) is 11. The van der Waals surface area contributed by atoms with E-state index < -0.39 is 24.2 Å². The Kier molecular flexibility index (Phi) is 16.1. The number of benzene rings is 1. The van der Waals surface area contributed by atoms with Crippen molar-refractivity contribution < 1.29 is 32.2 Å². The number of esters is 2. The summed E-state index contributed by atoms with van der Waals surface area (Å²) in [4.78, 5) is 23.6. The van der Waals surface area contributed by atoms with Crippen LogP contribution in [0.2, 0.25) is 0 Å². The molecule has 0 N–H and O–H groups in total. The first-order valence-electron chi connectivity index (χ1n) is 12.8. The minimum atomic E-state index is -4.70. The van der Waals surface area contributed by atoms with E-state index in [1.54, 1.807) is 6.07 Å². The van der Waals surface area contributed by atoms with Crippen molar-refractivity contribution in [2.24, 2.45) is 0 Å². The normalized spacial score (nSPS) is 12.4. The van der Waals surface area contributed by atoms with E-state index in [0.29, 0.717) is 6.61 Å². The summed E-state index contributed by atoms with van der Waals surface area (Å²) in [5, 5.41) is 0. The van der Waals surface area contributed by atoms with Crippen LogP contribution in [-0.4, -0.2) is 24.7 Å². The number of rotatable bonds is 19. The number of hydrogen-bond acceptors (Lipinski definition) is 4. The SMILES string of the molecule is CCCCCCCCCCCCCCOC(=O)CCCC(=O)OC(c1ccccc1)C(F)(F)F. The van der Waals surface area contributed by atoms with Crippen molar-refractivity contribution in [1.29, 1.82) is 0 Å². The Labute approximate surface area is 202 Å². The third kappa shape index (κ3) is 15.0. The molecular weight excluding hydrogens is 445 g/mol. The molecule has 0 saturated carbocycles. The molecule has 4 nitrogen and oxygen atoms in total. The lowest BCUT2D eigenvalue weighted by Gasteiger charge is -2.21. The van der Waals surface area contributed by atoms with Gasteiger partial charge in [-0.2, -0.15) is 13.2 Å². The van der Waals surface area contributed by atoms with E-state index in [0.717, 1.165) is 19.3 Å².